The van der Waals surface area contributed by atoms with E-state index in [0.717, 1.165) is 16.6 Å². The van der Waals surface area contributed by atoms with Crippen molar-refractivity contribution >= 4 is 16.8 Å². The van der Waals surface area contributed by atoms with E-state index in [4.69, 9.17) is 0 Å². The first kappa shape index (κ1) is 14.3. The lowest BCUT2D eigenvalue weighted by Crippen LogP contribution is -2.23. The van der Waals surface area contributed by atoms with Crippen molar-refractivity contribution in [2.75, 3.05) is 0 Å². The highest BCUT2D eigenvalue weighted by Gasteiger charge is 2.04. The fraction of sp³-hybridized carbons (Fsp3) is 0.167. The molecule has 3 nitrogen and oxygen atoms in total. The van der Waals surface area contributed by atoms with Gasteiger partial charge in [-0.25, -0.2) is 4.39 Å². The molecular weight excluding hydrogens is 279 g/mol. The zero-order valence-electron chi connectivity index (χ0n) is 12.1. The number of hydrogen-bond donors (Lipinski definition) is 2. The topological polar surface area (TPSA) is 44.9 Å². The third-order valence-corrected chi connectivity index (χ3v) is 3.64. The largest absolute Gasteiger partial charge is 0.361 e. The van der Waals surface area contributed by atoms with Gasteiger partial charge in [0.15, 0.2) is 0 Å². The van der Waals surface area contributed by atoms with Crippen molar-refractivity contribution in [1.29, 1.82) is 0 Å². The number of amides is 1. The van der Waals surface area contributed by atoms with Crippen LogP contribution in [0.1, 0.15) is 17.5 Å². The Bertz CT molecular complexity index is 794. The lowest BCUT2D eigenvalue weighted by atomic mass is 10.1. The molecule has 1 aromatic heterocycles. The standard InChI is InChI=1S/C18H17FN2O/c19-16-3-1-2-14(10-16)12-21-18(22)7-5-13-4-6-15-8-9-20-17(15)11-13/h1-4,6,8-11,20H,5,7,12H2,(H,21,22). The fourth-order valence-corrected chi connectivity index (χ4v) is 2.44. The molecule has 0 unspecified atom stereocenters. The zero-order chi connectivity index (χ0) is 15.4. The molecule has 0 saturated heterocycles. The van der Waals surface area contributed by atoms with Crippen LogP contribution >= 0.6 is 0 Å². The second-order valence-electron chi connectivity index (χ2n) is 5.31. The minimum absolute atomic E-state index is 0.0316. The van der Waals surface area contributed by atoms with Crippen molar-refractivity contribution in [2.45, 2.75) is 19.4 Å². The Hall–Kier alpha value is -2.62. The van der Waals surface area contributed by atoms with E-state index in [1.165, 1.54) is 17.5 Å². The summed E-state index contributed by atoms with van der Waals surface area (Å²) in [6, 6.07) is 14.4. The quantitative estimate of drug-likeness (QED) is 0.743. The summed E-state index contributed by atoms with van der Waals surface area (Å²) in [6.45, 7) is 0.353. The maximum absolute atomic E-state index is 13.0. The van der Waals surface area contributed by atoms with Crippen molar-refractivity contribution in [3.05, 3.63) is 71.7 Å². The lowest BCUT2D eigenvalue weighted by Gasteiger charge is -2.06. The van der Waals surface area contributed by atoms with Crippen molar-refractivity contribution in [2.24, 2.45) is 0 Å². The SMILES string of the molecule is O=C(CCc1ccc2cc[nH]c2c1)NCc1cccc(F)c1. The van der Waals surface area contributed by atoms with E-state index in [1.807, 2.05) is 24.4 Å². The van der Waals surface area contributed by atoms with Gasteiger partial charge >= 0.3 is 0 Å². The van der Waals surface area contributed by atoms with Crippen molar-refractivity contribution in [1.82, 2.24) is 10.3 Å². The van der Waals surface area contributed by atoms with Crippen LogP contribution < -0.4 is 5.32 Å². The van der Waals surface area contributed by atoms with Crippen molar-refractivity contribution in [3.63, 3.8) is 0 Å². The molecule has 112 valence electrons. The van der Waals surface area contributed by atoms with E-state index >= 15 is 0 Å². The number of benzene rings is 2. The Morgan fingerprint density at radius 1 is 1.09 bits per heavy atom. The fourth-order valence-electron chi connectivity index (χ4n) is 2.44. The summed E-state index contributed by atoms with van der Waals surface area (Å²) in [7, 11) is 0. The molecule has 4 heteroatoms. The monoisotopic (exact) mass is 296 g/mol. The third kappa shape index (κ3) is 3.52. The number of H-pyrrole nitrogens is 1. The number of aromatic amines is 1. The zero-order valence-corrected chi connectivity index (χ0v) is 12.1. The van der Waals surface area contributed by atoms with Gasteiger partial charge in [-0.05, 0) is 47.2 Å². The molecule has 2 aromatic carbocycles. The van der Waals surface area contributed by atoms with Crippen LogP contribution in [0.15, 0.2) is 54.7 Å². The number of hydrogen-bond acceptors (Lipinski definition) is 1. The minimum atomic E-state index is -0.286. The van der Waals surface area contributed by atoms with Crippen LogP contribution in [0.3, 0.4) is 0 Å². The number of aryl methyl sites for hydroxylation is 1. The highest BCUT2D eigenvalue weighted by atomic mass is 19.1. The molecule has 1 heterocycles. The molecule has 3 rings (SSSR count). The number of carbonyl (C=O) groups excluding carboxylic acids is 1. The minimum Gasteiger partial charge on any atom is -0.361 e. The molecule has 0 atom stereocenters. The molecule has 3 aromatic rings. The first-order valence-corrected chi connectivity index (χ1v) is 7.28. The van der Waals surface area contributed by atoms with Gasteiger partial charge in [-0.2, -0.15) is 0 Å². The van der Waals surface area contributed by atoms with Gasteiger partial charge in [0, 0.05) is 24.7 Å². The van der Waals surface area contributed by atoms with Gasteiger partial charge < -0.3 is 10.3 Å². The van der Waals surface area contributed by atoms with E-state index in [2.05, 4.69) is 16.4 Å². The van der Waals surface area contributed by atoms with Crippen LogP contribution in [0, 0.1) is 5.82 Å². The molecule has 0 saturated carbocycles. The van der Waals surface area contributed by atoms with Crippen LogP contribution in [0.4, 0.5) is 4.39 Å². The Balaban J connectivity index is 1.51. The van der Waals surface area contributed by atoms with Crippen LogP contribution in [0.25, 0.3) is 10.9 Å². The summed E-state index contributed by atoms with van der Waals surface area (Å²) in [4.78, 5) is 15.0. The second kappa shape index (κ2) is 6.43. The van der Waals surface area contributed by atoms with Crippen LogP contribution in [0.5, 0.6) is 0 Å². The van der Waals surface area contributed by atoms with Crippen molar-refractivity contribution < 1.29 is 9.18 Å². The Labute approximate surface area is 128 Å². The molecule has 0 aliphatic carbocycles. The van der Waals surface area contributed by atoms with E-state index < -0.39 is 0 Å². The lowest BCUT2D eigenvalue weighted by molar-refractivity contribution is -0.121. The van der Waals surface area contributed by atoms with Gasteiger partial charge in [0.1, 0.15) is 5.82 Å². The molecule has 1 amide bonds. The maximum atomic E-state index is 13.0. The Morgan fingerprint density at radius 2 is 2.00 bits per heavy atom. The van der Waals surface area contributed by atoms with Crippen LogP contribution in [0.2, 0.25) is 0 Å². The number of halogens is 1. The number of fused-ring (bicyclic) bond motifs is 1. The normalized spacial score (nSPS) is 10.8. The van der Waals surface area contributed by atoms with Gasteiger partial charge in [-0.1, -0.05) is 24.3 Å². The van der Waals surface area contributed by atoms with E-state index in [0.29, 0.717) is 19.4 Å². The summed E-state index contributed by atoms with van der Waals surface area (Å²) >= 11 is 0. The van der Waals surface area contributed by atoms with Crippen molar-refractivity contribution in [3.8, 4) is 0 Å². The predicted octanol–water partition coefficient (Wildman–Crippen LogP) is 3.56. The molecule has 22 heavy (non-hydrogen) atoms. The molecule has 0 fully saturated rings. The summed E-state index contributed by atoms with van der Waals surface area (Å²) in [5, 5.41) is 3.98. The first-order valence-electron chi connectivity index (χ1n) is 7.28. The van der Waals surface area contributed by atoms with Gasteiger partial charge in [0.2, 0.25) is 5.91 Å². The highest BCUT2D eigenvalue weighted by molar-refractivity contribution is 5.80. The molecule has 0 radical (unpaired) electrons. The Morgan fingerprint density at radius 3 is 2.86 bits per heavy atom. The number of rotatable bonds is 5. The second-order valence-corrected chi connectivity index (χ2v) is 5.31. The molecule has 2 N–H and O–H groups in total. The predicted molar refractivity (Wildman–Crippen MR) is 84.9 cm³/mol. The number of nitrogens with one attached hydrogen (secondary N) is 2. The van der Waals surface area contributed by atoms with Gasteiger partial charge in [-0.3, -0.25) is 4.79 Å². The van der Waals surface area contributed by atoms with E-state index in [1.54, 1.807) is 12.1 Å². The summed E-state index contributed by atoms with van der Waals surface area (Å²) in [6.07, 6.45) is 3.01. The molecule has 0 aliphatic heterocycles. The molecule has 0 aliphatic rings. The van der Waals surface area contributed by atoms with Crippen LogP contribution in [-0.4, -0.2) is 10.9 Å². The molecule has 0 spiro atoms. The summed E-state index contributed by atoms with van der Waals surface area (Å²) < 4.78 is 13.0. The Kier molecular flexibility index (Phi) is 4.19. The maximum Gasteiger partial charge on any atom is 0.220 e. The third-order valence-electron chi connectivity index (χ3n) is 3.64. The smallest absolute Gasteiger partial charge is 0.220 e. The molecule has 0 bridgehead atoms. The van der Waals surface area contributed by atoms with E-state index in [9.17, 15) is 9.18 Å². The first-order chi connectivity index (χ1) is 10.7. The van der Waals surface area contributed by atoms with Crippen LogP contribution in [-0.2, 0) is 17.8 Å². The summed E-state index contributed by atoms with van der Waals surface area (Å²) in [5.74, 6) is -0.318. The highest BCUT2D eigenvalue weighted by Crippen LogP contribution is 2.15. The van der Waals surface area contributed by atoms with Gasteiger partial charge in [0.25, 0.3) is 0 Å². The number of aromatic nitrogens is 1. The van der Waals surface area contributed by atoms with Gasteiger partial charge in [-0.15, -0.1) is 0 Å². The average Bonchev–Trinajstić information content (AvgIpc) is 2.98. The average molecular weight is 296 g/mol. The summed E-state index contributed by atoms with van der Waals surface area (Å²) in [5.41, 5.74) is 2.97. The van der Waals surface area contributed by atoms with E-state index in [-0.39, 0.29) is 11.7 Å². The van der Waals surface area contributed by atoms with Gasteiger partial charge in [0.05, 0.1) is 0 Å². The molecular formula is C18H17FN2O. The number of carbonyl (C=O) groups is 1.